The lowest BCUT2D eigenvalue weighted by Gasteiger charge is -2.36. The van der Waals surface area contributed by atoms with E-state index >= 15 is 0 Å². The molecule has 1 aromatic carbocycles. The normalized spacial score (nSPS) is 19.7. The Hall–Kier alpha value is -3.42. The van der Waals surface area contributed by atoms with E-state index in [0.29, 0.717) is 72.2 Å². The molecule has 1 amide bonds. The van der Waals surface area contributed by atoms with E-state index in [-0.39, 0.29) is 33.9 Å². The number of hydrogen-bond acceptors (Lipinski definition) is 11. The molecule has 43 heavy (non-hydrogen) atoms. The van der Waals surface area contributed by atoms with Gasteiger partial charge in [0.25, 0.3) is 5.91 Å². The highest BCUT2D eigenvalue weighted by atomic mass is 35.5. The summed E-state index contributed by atoms with van der Waals surface area (Å²) in [5.74, 6) is 0.763. The number of halogens is 2. The predicted molar refractivity (Wildman–Crippen MR) is 164 cm³/mol. The first-order valence-corrected chi connectivity index (χ1v) is 14.5. The molecule has 2 N–H and O–H groups in total. The zero-order valence-electron chi connectivity index (χ0n) is 24.4. The Balaban J connectivity index is 1.66. The molecule has 4 heterocycles. The van der Waals surface area contributed by atoms with Crippen molar-refractivity contribution in [2.75, 3.05) is 58.4 Å². The minimum Gasteiger partial charge on any atom is -0.495 e. The Labute approximate surface area is 259 Å². The number of hydrogen-bond donors (Lipinski definition) is 2. The first kappa shape index (κ1) is 31.0. The third kappa shape index (κ3) is 5.89. The van der Waals surface area contributed by atoms with E-state index < -0.39 is 5.91 Å². The molecule has 0 bridgehead atoms. The largest absolute Gasteiger partial charge is 0.495 e. The molecule has 2 aliphatic heterocycles. The van der Waals surface area contributed by atoms with Crippen molar-refractivity contribution in [3.8, 4) is 22.9 Å². The van der Waals surface area contributed by atoms with Crippen molar-refractivity contribution >= 4 is 51.6 Å². The Morgan fingerprint density at radius 3 is 2.49 bits per heavy atom. The van der Waals surface area contributed by atoms with Crippen LogP contribution in [0.3, 0.4) is 0 Å². The maximum Gasteiger partial charge on any atom is 0.252 e. The van der Waals surface area contributed by atoms with Crippen molar-refractivity contribution in [2.24, 2.45) is 0 Å². The van der Waals surface area contributed by atoms with E-state index in [2.05, 4.69) is 22.2 Å². The smallest absolute Gasteiger partial charge is 0.252 e. The Kier molecular flexibility index (Phi) is 9.42. The van der Waals surface area contributed by atoms with Gasteiger partial charge in [-0.1, -0.05) is 29.8 Å². The van der Waals surface area contributed by atoms with E-state index in [0.717, 1.165) is 6.42 Å². The van der Waals surface area contributed by atoms with Crippen LogP contribution in [-0.2, 0) is 19.0 Å². The fourth-order valence-corrected chi connectivity index (χ4v) is 6.19. The van der Waals surface area contributed by atoms with Crippen LogP contribution in [0.5, 0.6) is 11.5 Å². The lowest BCUT2D eigenvalue weighted by atomic mass is 10.0. The van der Waals surface area contributed by atoms with E-state index in [4.69, 9.17) is 56.9 Å². The molecule has 2 fully saturated rings. The van der Waals surface area contributed by atoms with Crippen molar-refractivity contribution in [3.05, 3.63) is 41.0 Å². The quantitative estimate of drug-likeness (QED) is 0.243. The number of carbonyl (C=O) groups is 1. The fourth-order valence-electron chi connectivity index (χ4n) is 5.52. The second kappa shape index (κ2) is 13.1. The van der Waals surface area contributed by atoms with Gasteiger partial charge in [-0.25, -0.2) is 15.0 Å². The molecule has 12 nitrogen and oxygen atoms in total. The summed E-state index contributed by atoms with van der Waals surface area (Å²) in [5.41, 5.74) is 0.883. The molecule has 2 atom stereocenters. The lowest BCUT2D eigenvalue weighted by Crippen LogP contribution is -2.52. The summed E-state index contributed by atoms with van der Waals surface area (Å²) in [6.45, 7) is 5.09. The Morgan fingerprint density at radius 2 is 1.84 bits per heavy atom. The van der Waals surface area contributed by atoms with E-state index in [1.807, 2.05) is 11.0 Å². The first-order valence-electron chi connectivity index (χ1n) is 13.7. The molecule has 2 saturated heterocycles. The maximum atomic E-state index is 12.0. The first-order chi connectivity index (χ1) is 20.8. The monoisotopic (exact) mass is 632 g/mol. The van der Waals surface area contributed by atoms with Gasteiger partial charge in [0.05, 0.1) is 60.2 Å². The summed E-state index contributed by atoms with van der Waals surface area (Å²) in [4.78, 5) is 28.5. The molecular formula is C29H34Cl2N6O6. The van der Waals surface area contributed by atoms with Gasteiger partial charge in [-0.3, -0.25) is 4.79 Å². The highest BCUT2D eigenvalue weighted by Crippen LogP contribution is 2.46. The number of methoxy groups -OCH3 is 4. The topological polar surface area (TPSA) is 129 Å². The number of fused-ring (bicyclic) bond motifs is 1. The van der Waals surface area contributed by atoms with Gasteiger partial charge in [0.1, 0.15) is 23.1 Å². The summed E-state index contributed by atoms with van der Waals surface area (Å²) < 4.78 is 28.4. The van der Waals surface area contributed by atoms with Gasteiger partial charge in [-0.15, -0.1) is 0 Å². The van der Waals surface area contributed by atoms with Gasteiger partial charge >= 0.3 is 0 Å². The average molecular weight is 634 g/mol. The molecule has 14 heteroatoms. The molecule has 230 valence electrons. The SMILES string of the molecule is C=CC(=O)N[C@H]1CCOC[C@H]1Nc1cc2c(N3CCCC3(OC)OC)nc(-c3c(Cl)c(OC)cc(OC)c3Cl)nc2cn1. The van der Waals surface area contributed by atoms with E-state index in [1.165, 1.54) is 20.3 Å². The van der Waals surface area contributed by atoms with E-state index in [9.17, 15) is 4.79 Å². The number of benzene rings is 1. The second-order valence-corrected chi connectivity index (χ2v) is 10.8. The van der Waals surface area contributed by atoms with Gasteiger partial charge in [0, 0.05) is 45.2 Å². The molecule has 2 aliphatic rings. The minimum absolute atomic E-state index is 0.171. The Bertz CT molecular complexity index is 1490. The molecule has 0 unspecified atom stereocenters. The van der Waals surface area contributed by atoms with Gasteiger partial charge in [-0.2, -0.15) is 0 Å². The van der Waals surface area contributed by atoms with Crippen molar-refractivity contribution in [3.63, 3.8) is 0 Å². The van der Waals surface area contributed by atoms with Crippen LogP contribution in [-0.4, -0.2) is 87.1 Å². The second-order valence-electron chi connectivity index (χ2n) is 10.1. The van der Waals surface area contributed by atoms with Crippen molar-refractivity contribution in [1.29, 1.82) is 0 Å². The van der Waals surface area contributed by atoms with Gasteiger partial charge in [0.15, 0.2) is 5.82 Å². The number of carbonyl (C=O) groups excluding carboxylic acids is 1. The molecule has 2 aromatic heterocycles. The Morgan fingerprint density at radius 1 is 1.12 bits per heavy atom. The average Bonchev–Trinajstić information content (AvgIpc) is 3.46. The predicted octanol–water partition coefficient (Wildman–Crippen LogP) is 4.43. The molecule has 0 spiro atoms. The zero-order chi connectivity index (χ0) is 30.7. The molecule has 0 aliphatic carbocycles. The lowest BCUT2D eigenvalue weighted by molar-refractivity contribution is -0.197. The van der Waals surface area contributed by atoms with Crippen LogP contribution in [0.25, 0.3) is 22.3 Å². The van der Waals surface area contributed by atoms with Crippen molar-refractivity contribution in [2.45, 2.75) is 37.3 Å². The van der Waals surface area contributed by atoms with E-state index in [1.54, 1.807) is 26.5 Å². The van der Waals surface area contributed by atoms with Crippen LogP contribution in [0, 0.1) is 0 Å². The highest BCUT2D eigenvalue weighted by Gasteiger charge is 2.44. The van der Waals surface area contributed by atoms with Gasteiger partial charge < -0.3 is 39.2 Å². The number of pyridine rings is 1. The molecule has 5 rings (SSSR count). The van der Waals surface area contributed by atoms with Crippen molar-refractivity contribution < 1.29 is 28.5 Å². The van der Waals surface area contributed by atoms with Gasteiger partial charge in [-0.05, 0) is 25.0 Å². The van der Waals surface area contributed by atoms with Crippen LogP contribution in [0.2, 0.25) is 10.0 Å². The summed E-state index contributed by atoms with van der Waals surface area (Å²) in [5, 5.41) is 7.55. The number of rotatable bonds is 10. The number of nitrogens with one attached hydrogen (secondary N) is 2. The standard InChI is InChI=1S/C29H34Cl2N6O6/c1-6-23(38)34-17-8-11-43-15-19(17)33-22-12-16-18(14-32-22)35-27(24-25(30)20(39-2)13-21(40-3)26(24)31)36-28(16)37-10-7-9-29(37,41-4)42-5/h6,12-14,17,19H,1,7-11,15H2,2-5H3,(H,32,33)(H,34,38)/t17-,19+/m0/s1. The summed E-state index contributed by atoms with van der Waals surface area (Å²) >= 11 is 13.5. The van der Waals surface area contributed by atoms with Gasteiger partial charge in [0.2, 0.25) is 5.91 Å². The number of anilines is 2. The third-order valence-electron chi connectivity index (χ3n) is 7.74. The van der Waals surface area contributed by atoms with Crippen LogP contribution in [0.4, 0.5) is 11.6 Å². The number of amides is 1. The number of aromatic nitrogens is 3. The van der Waals surface area contributed by atoms with Crippen LogP contribution >= 0.6 is 23.2 Å². The minimum atomic E-state index is -1.05. The summed E-state index contributed by atoms with van der Waals surface area (Å²) in [6.07, 6.45) is 4.97. The summed E-state index contributed by atoms with van der Waals surface area (Å²) in [6, 6.07) is 3.07. The van der Waals surface area contributed by atoms with Crippen LogP contribution in [0.15, 0.2) is 31.0 Å². The third-order valence-corrected chi connectivity index (χ3v) is 8.49. The number of nitrogens with zero attached hydrogens (tertiary/aromatic N) is 4. The number of ether oxygens (including phenoxy) is 5. The fraction of sp³-hybridized carbons (Fsp3) is 0.448. The molecule has 0 radical (unpaired) electrons. The highest BCUT2D eigenvalue weighted by molar-refractivity contribution is 6.41. The van der Waals surface area contributed by atoms with Crippen molar-refractivity contribution in [1.82, 2.24) is 20.3 Å². The maximum absolute atomic E-state index is 12.0. The van der Waals surface area contributed by atoms with Crippen LogP contribution < -0.4 is 25.0 Å². The molecular weight excluding hydrogens is 599 g/mol. The zero-order valence-corrected chi connectivity index (χ0v) is 25.9. The molecule has 0 saturated carbocycles. The van der Waals surface area contributed by atoms with Crippen LogP contribution in [0.1, 0.15) is 19.3 Å². The molecule has 3 aromatic rings. The summed E-state index contributed by atoms with van der Waals surface area (Å²) in [7, 11) is 6.21.